The molecular formula is C13H13FN2. The van der Waals surface area contributed by atoms with Gasteiger partial charge in [-0.2, -0.15) is 0 Å². The minimum atomic E-state index is -0.220. The quantitative estimate of drug-likeness (QED) is 0.818. The van der Waals surface area contributed by atoms with Crippen LogP contribution in [0.15, 0.2) is 24.4 Å². The second kappa shape index (κ2) is 3.44. The molecule has 1 aliphatic rings. The normalized spacial score (nSPS) is 15.4. The molecule has 0 amide bonds. The number of rotatable bonds is 2. The first-order chi connectivity index (χ1) is 7.74. The predicted octanol–water partition coefficient (Wildman–Crippen LogP) is 3.40. The number of nitrogens with one attached hydrogen (secondary N) is 1. The van der Waals surface area contributed by atoms with Gasteiger partial charge in [0, 0.05) is 17.8 Å². The van der Waals surface area contributed by atoms with Crippen LogP contribution in [0.5, 0.6) is 0 Å². The van der Waals surface area contributed by atoms with E-state index in [0.29, 0.717) is 17.3 Å². The Kier molecular flexibility index (Phi) is 2.06. The molecular weight excluding hydrogens is 203 g/mol. The van der Waals surface area contributed by atoms with Gasteiger partial charge < -0.3 is 4.98 Å². The van der Waals surface area contributed by atoms with E-state index in [9.17, 15) is 4.39 Å². The number of nitrogens with zero attached hydrogens (tertiary/aromatic N) is 1. The Morgan fingerprint density at radius 2 is 2.19 bits per heavy atom. The molecule has 1 aromatic carbocycles. The Labute approximate surface area is 93.5 Å². The Hall–Kier alpha value is -1.64. The zero-order chi connectivity index (χ0) is 11.1. The van der Waals surface area contributed by atoms with Crippen molar-refractivity contribution in [2.24, 2.45) is 0 Å². The van der Waals surface area contributed by atoms with Gasteiger partial charge in [-0.25, -0.2) is 9.37 Å². The van der Waals surface area contributed by atoms with Crippen LogP contribution in [0.2, 0.25) is 0 Å². The van der Waals surface area contributed by atoms with Crippen LogP contribution in [0.3, 0.4) is 0 Å². The fourth-order valence-corrected chi connectivity index (χ4v) is 1.89. The summed E-state index contributed by atoms with van der Waals surface area (Å²) in [6.07, 6.45) is 4.27. The topological polar surface area (TPSA) is 28.7 Å². The number of halogens is 1. The monoisotopic (exact) mass is 216 g/mol. The molecule has 0 radical (unpaired) electrons. The highest BCUT2D eigenvalue weighted by molar-refractivity contribution is 5.57. The second-order valence-corrected chi connectivity index (χ2v) is 4.44. The van der Waals surface area contributed by atoms with Crippen LogP contribution in [0.25, 0.3) is 11.4 Å². The van der Waals surface area contributed by atoms with E-state index >= 15 is 0 Å². The van der Waals surface area contributed by atoms with E-state index in [1.165, 1.54) is 18.9 Å². The van der Waals surface area contributed by atoms with Gasteiger partial charge in [0.1, 0.15) is 11.6 Å². The van der Waals surface area contributed by atoms with Crippen LogP contribution in [-0.2, 0) is 0 Å². The van der Waals surface area contributed by atoms with E-state index in [2.05, 4.69) is 9.97 Å². The van der Waals surface area contributed by atoms with Gasteiger partial charge in [-0.1, -0.05) is 11.6 Å². The summed E-state index contributed by atoms with van der Waals surface area (Å²) in [7, 11) is 0. The lowest BCUT2D eigenvalue weighted by Crippen LogP contribution is -1.88. The molecule has 0 spiro atoms. The molecule has 0 aliphatic heterocycles. The van der Waals surface area contributed by atoms with Crippen molar-refractivity contribution in [3.05, 3.63) is 41.5 Å². The first-order valence-corrected chi connectivity index (χ1v) is 5.55. The van der Waals surface area contributed by atoms with E-state index in [0.717, 1.165) is 11.3 Å². The Morgan fingerprint density at radius 3 is 2.94 bits per heavy atom. The molecule has 3 heteroatoms. The Bertz CT molecular complexity index is 526. The van der Waals surface area contributed by atoms with Crippen LogP contribution in [-0.4, -0.2) is 9.97 Å². The molecule has 16 heavy (non-hydrogen) atoms. The highest BCUT2D eigenvalue weighted by Crippen LogP contribution is 2.39. The minimum Gasteiger partial charge on any atom is -0.342 e. The number of imidazole rings is 1. The van der Waals surface area contributed by atoms with Gasteiger partial charge in [-0.15, -0.1) is 0 Å². The molecule has 1 saturated carbocycles. The first kappa shape index (κ1) is 9.58. The van der Waals surface area contributed by atoms with Crippen molar-refractivity contribution in [3.8, 4) is 11.4 Å². The van der Waals surface area contributed by atoms with Gasteiger partial charge in [0.2, 0.25) is 0 Å². The lowest BCUT2D eigenvalue weighted by Gasteiger charge is -2.01. The number of benzene rings is 1. The third kappa shape index (κ3) is 1.62. The summed E-state index contributed by atoms with van der Waals surface area (Å²) < 4.78 is 13.6. The largest absolute Gasteiger partial charge is 0.342 e. The fraction of sp³-hybridized carbons (Fsp3) is 0.308. The van der Waals surface area contributed by atoms with E-state index in [4.69, 9.17) is 0 Å². The highest BCUT2D eigenvalue weighted by Gasteiger charge is 2.25. The van der Waals surface area contributed by atoms with Gasteiger partial charge in [0.25, 0.3) is 0 Å². The van der Waals surface area contributed by atoms with E-state index in [1.807, 2.05) is 19.2 Å². The molecule has 1 aromatic heterocycles. The summed E-state index contributed by atoms with van der Waals surface area (Å²) in [5.74, 6) is 1.04. The number of aromatic nitrogens is 2. The lowest BCUT2D eigenvalue weighted by atomic mass is 10.1. The molecule has 1 fully saturated rings. The summed E-state index contributed by atoms with van der Waals surface area (Å²) in [5.41, 5.74) is 2.74. The molecule has 0 unspecified atom stereocenters. The van der Waals surface area contributed by atoms with Crippen molar-refractivity contribution in [3.63, 3.8) is 0 Å². The third-order valence-electron chi connectivity index (χ3n) is 2.99. The molecule has 1 N–H and O–H groups in total. The molecule has 0 bridgehead atoms. The number of H-pyrrole nitrogens is 1. The summed E-state index contributed by atoms with van der Waals surface area (Å²) in [6.45, 7) is 1.95. The maximum atomic E-state index is 13.6. The van der Waals surface area contributed by atoms with E-state index in [-0.39, 0.29) is 5.82 Å². The molecule has 2 nitrogen and oxygen atoms in total. The van der Waals surface area contributed by atoms with E-state index < -0.39 is 0 Å². The standard InChI is InChI=1S/C13H13FN2/c1-8-2-5-11(14)10(6-8)13-15-7-12(16-13)9-3-4-9/h2,5-7,9H,3-4H2,1H3,(H,15,16). The number of hydrogen-bond acceptors (Lipinski definition) is 1. The van der Waals surface area contributed by atoms with Crippen molar-refractivity contribution >= 4 is 0 Å². The zero-order valence-electron chi connectivity index (χ0n) is 9.13. The fourth-order valence-electron chi connectivity index (χ4n) is 1.89. The zero-order valence-corrected chi connectivity index (χ0v) is 9.13. The maximum absolute atomic E-state index is 13.6. The molecule has 82 valence electrons. The average molecular weight is 216 g/mol. The summed E-state index contributed by atoms with van der Waals surface area (Å²) in [4.78, 5) is 7.46. The van der Waals surface area contributed by atoms with Gasteiger partial charge in [0.15, 0.2) is 0 Å². The summed E-state index contributed by atoms with van der Waals surface area (Å²) in [5, 5.41) is 0. The molecule has 1 aliphatic carbocycles. The first-order valence-electron chi connectivity index (χ1n) is 5.55. The number of aryl methyl sites for hydroxylation is 1. The van der Waals surface area contributed by atoms with Crippen LogP contribution >= 0.6 is 0 Å². The van der Waals surface area contributed by atoms with Crippen molar-refractivity contribution in [2.45, 2.75) is 25.7 Å². The summed E-state index contributed by atoms with van der Waals surface area (Å²) in [6, 6.07) is 5.08. The van der Waals surface area contributed by atoms with Gasteiger partial charge in [-0.05, 0) is 31.9 Å². The third-order valence-corrected chi connectivity index (χ3v) is 2.99. The minimum absolute atomic E-state index is 0.220. The van der Waals surface area contributed by atoms with Crippen molar-refractivity contribution in [1.82, 2.24) is 9.97 Å². The number of aromatic amines is 1. The average Bonchev–Trinajstić information content (AvgIpc) is 3.01. The summed E-state index contributed by atoms with van der Waals surface area (Å²) >= 11 is 0. The smallest absolute Gasteiger partial charge is 0.140 e. The lowest BCUT2D eigenvalue weighted by molar-refractivity contribution is 0.629. The second-order valence-electron chi connectivity index (χ2n) is 4.44. The van der Waals surface area contributed by atoms with Crippen molar-refractivity contribution in [2.75, 3.05) is 0 Å². The highest BCUT2D eigenvalue weighted by atomic mass is 19.1. The van der Waals surface area contributed by atoms with Gasteiger partial charge in [0.05, 0.1) is 5.56 Å². The Balaban J connectivity index is 2.03. The maximum Gasteiger partial charge on any atom is 0.140 e. The van der Waals surface area contributed by atoms with Crippen LogP contribution in [0.4, 0.5) is 4.39 Å². The molecule has 0 atom stereocenters. The molecule has 3 rings (SSSR count). The molecule has 0 saturated heterocycles. The van der Waals surface area contributed by atoms with Gasteiger partial charge >= 0.3 is 0 Å². The van der Waals surface area contributed by atoms with Gasteiger partial charge in [-0.3, -0.25) is 0 Å². The van der Waals surface area contributed by atoms with Crippen molar-refractivity contribution in [1.29, 1.82) is 0 Å². The van der Waals surface area contributed by atoms with E-state index in [1.54, 1.807) is 6.07 Å². The van der Waals surface area contributed by atoms with Crippen molar-refractivity contribution < 1.29 is 4.39 Å². The van der Waals surface area contributed by atoms with Crippen LogP contribution in [0, 0.1) is 12.7 Å². The number of hydrogen-bond donors (Lipinski definition) is 1. The van der Waals surface area contributed by atoms with Crippen LogP contribution < -0.4 is 0 Å². The van der Waals surface area contributed by atoms with Crippen LogP contribution in [0.1, 0.15) is 30.0 Å². The predicted molar refractivity (Wildman–Crippen MR) is 60.7 cm³/mol. The SMILES string of the molecule is Cc1ccc(F)c(-c2ncc(C3CC3)[nH]2)c1. The Morgan fingerprint density at radius 1 is 1.38 bits per heavy atom. The molecule has 1 heterocycles. The molecule has 2 aromatic rings.